The highest BCUT2D eigenvalue weighted by Crippen LogP contribution is 2.42. The third-order valence-corrected chi connectivity index (χ3v) is 4.16. The van der Waals surface area contributed by atoms with Gasteiger partial charge < -0.3 is 0 Å². The van der Waals surface area contributed by atoms with Crippen molar-refractivity contribution in [2.24, 2.45) is 4.99 Å². The number of carbonyl (C=O) groups excluding carboxylic acids is 1. The van der Waals surface area contributed by atoms with Gasteiger partial charge in [0, 0.05) is 16.4 Å². The molecule has 2 aliphatic rings. The fourth-order valence-electron chi connectivity index (χ4n) is 2.82. The Kier molecular flexibility index (Phi) is 2.39. The number of carbonyl (C=O) groups is 1. The van der Waals surface area contributed by atoms with Crippen molar-refractivity contribution >= 4 is 34.8 Å². The summed E-state index contributed by atoms with van der Waals surface area (Å²) in [6, 6.07) is 15.1. The lowest BCUT2D eigenvalue weighted by Gasteiger charge is -2.28. The summed E-state index contributed by atoms with van der Waals surface area (Å²) in [5.41, 5.74) is 2.00. The molecule has 0 aliphatic carbocycles. The van der Waals surface area contributed by atoms with Crippen molar-refractivity contribution < 1.29 is 4.79 Å². The Morgan fingerprint density at radius 2 is 1.81 bits per heavy atom. The number of benzene rings is 2. The van der Waals surface area contributed by atoms with E-state index in [0.717, 1.165) is 21.8 Å². The lowest BCUT2D eigenvalue weighted by Crippen LogP contribution is -2.42. The average Bonchev–Trinajstić information content (AvgIpc) is 2.95. The predicted molar refractivity (Wildman–Crippen MR) is 83.2 cm³/mol. The quantitative estimate of drug-likeness (QED) is 0.450. The van der Waals surface area contributed by atoms with Gasteiger partial charge in [0.15, 0.2) is 0 Å². The molecule has 0 saturated carbocycles. The fourth-order valence-corrected chi connectivity index (χ4v) is 3.20. The zero-order valence-corrected chi connectivity index (χ0v) is 11.8. The smallest absolute Gasteiger partial charge is 0.261 e. The Morgan fingerprint density at radius 3 is 2.62 bits per heavy atom. The van der Waals surface area contributed by atoms with Gasteiger partial charge in [-0.3, -0.25) is 9.69 Å². The molecule has 2 heterocycles. The number of halogens is 1. The maximum atomic E-state index is 12.6. The van der Waals surface area contributed by atoms with Crippen LogP contribution in [0, 0.1) is 0 Å². The first-order chi connectivity index (χ1) is 10.1. The molecule has 0 bridgehead atoms. The van der Waals surface area contributed by atoms with E-state index in [1.54, 1.807) is 6.08 Å². The van der Waals surface area contributed by atoms with E-state index in [4.69, 9.17) is 11.6 Å². The summed E-state index contributed by atoms with van der Waals surface area (Å²) in [5, 5.41) is 0.488. The molecule has 4 rings (SSSR count). The Hall–Kier alpha value is -2.39. The zero-order valence-electron chi connectivity index (χ0n) is 11.1. The molecule has 2 aromatic rings. The Morgan fingerprint density at radius 1 is 1.10 bits per heavy atom. The molecule has 1 amide bonds. The molecule has 21 heavy (non-hydrogen) atoms. The Balaban J connectivity index is 1.94. The van der Waals surface area contributed by atoms with Crippen LogP contribution >= 0.6 is 11.6 Å². The van der Waals surface area contributed by atoms with E-state index in [0.29, 0.717) is 5.57 Å². The molecule has 102 valence electrons. The molecule has 0 N–H and O–H groups in total. The van der Waals surface area contributed by atoms with E-state index < -0.39 is 5.12 Å². The number of amides is 1. The minimum absolute atomic E-state index is 0.209. The van der Waals surface area contributed by atoms with Gasteiger partial charge in [0.2, 0.25) is 5.12 Å². The van der Waals surface area contributed by atoms with E-state index in [-0.39, 0.29) is 5.91 Å². The zero-order chi connectivity index (χ0) is 14.6. The summed E-state index contributed by atoms with van der Waals surface area (Å²) in [5.74, 6) is -0.209. The molecule has 0 radical (unpaired) electrons. The SMILES string of the molecule is C=C1C(=O)N(C2(Cl)C=c3ccccc3=N2)c2ccccc21. The number of hydrogen-bond donors (Lipinski definition) is 0. The molecule has 0 fully saturated rings. The third-order valence-electron chi connectivity index (χ3n) is 3.80. The molecule has 1 atom stereocenters. The van der Waals surface area contributed by atoms with Gasteiger partial charge in [-0.05, 0) is 18.2 Å². The van der Waals surface area contributed by atoms with E-state index in [2.05, 4.69) is 11.6 Å². The Bertz CT molecular complexity index is 881. The van der Waals surface area contributed by atoms with E-state index in [9.17, 15) is 4.79 Å². The van der Waals surface area contributed by atoms with Crippen LogP contribution in [0.1, 0.15) is 5.56 Å². The summed E-state index contributed by atoms with van der Waals surface area (Å²) in [4.78, 5) is 18.6. The first-order valence-electron chi connectivity index (χ1n) is 6.60. The van der Waals surface area contributed by atoms with Crippen LogP contribution in [0.4, 0.5) is 5.69 Å². The van der Waals surface area contributed by atoms with Gasteiger partial charge in [-0.25, -0.2) is 4.99 Å². The first kappa shape index (κ1) is 12.4. The van der Waals surface area contributed by atoms with Crippen molar-refractivity contribution in [3.05, 3.63) is 71.2 Å². The van der Waals surface area contributed by atoms with Crippen molar-refractivity contribution in [1.82, 2.24) is 0 Å². The second-order valence-corrected chi connectivity index (χ2v) is 5.64. The van der Waals surface area contributed by atoms with E-state index in [1.807, 2.05) is 48.5 Å². The number of anilines is 1. The Labute approximate surface area is 126 Å². The number of alkyl halides is 1. The fraction of sp³-hybridized carbons (Fsp3) is 0.0588. The van der Waals surface area contributed by atoms with Crippen molar-refractivity contribution in [1.29, 1.82) is 0 Å². The van der Waals surface area contributed by atoms with Gasteiger partial charge in [-0.15, -0.1) is 0 Å². The molecule has 0 spiro atoms. The number of rotatable bonds is 1. The second-order valence-electron chi connectivity index (χ2n) is 5.09. The van der Waals surface area contributed by atoms with Crippen LogP contribution in [-0.2, 0) is 4.79 Å². The molecule has 4 heteroatoms. The van der Waals surface area contributed by atoms with Crippen LogP contribution in [0.15, 0.2) is 60.1 Å². The van der Waals surface area contributed by atoms with Crippen molar-refractivity contribution in [3.63, 3.8) is 0 Å². The van der Waals surface area contributed by atoms with Crippen LogP contribution in [0.3, 0.4) is 0 Å². The lowest BCUT2D eigenvalue weighted by molar-refractivity contribution is -0.113. The maximum Gasteiger partial charge on any atom is 0.261 e. The molecular formula is C17H11ClN2O. The molecule has 2 aliphatic heterocycles. The third kappa shape index (κ3) is 1.61. The van der Waals surface area contributed by atoms with Crippen LogP contribution in [0.2, 0.25) is 0 Å². The summed E-state index contributed by atoms with van der Waals surface area (Å²) in [7, 11) is 0. The normalized spacial score (nSPS) is 22.6. The van der Waals surface area contributed by atoms with Crippen LogP contribution in [-0.4, -0.2) is 11.0 Å². The highest BCUT2D eigenvalue weighted by atomic mass is 35.5. The largest absolute Gasteiger partial charge is 0.269 e. The van der Waals surface area contributed by atoms with Gasteiger partial charge in [-0.2, -0.15) is 0 Å². The molecule has 1 unspecified atom stereocenters. The topological polar surface area (TPSA) is 32.7 Å². The van der Waals surface area contributed by atoms with Crippen LogP contribution < -0.4 is 15.5 Å². The standard InChI is InChI=1S/C17H11ClN2O/c1-11-13-7-3-5-9-15(13)20(16(11)21)17(18)10-12-6-2-4-8-14(12)19-17/h2-10H,1H2. The van der Waals surface area contributed by atoms with E-state index in [1.165, 1.54) is 4.90 Å². The van der Waals surface area contributed by atoms with Gasteiger partial charge in [0.1, 0.15) is 0 Å². The van der Waals surface area contributed by atoms with Crippen molar-refractivity contribution in [3.8, 4) is 0 Å². The molecule has 3 nitrogen and oxygen atoms in total. The highest BCUT2D eigenvalue weighted by Gasteiger charge is 2.44. The second kappa shape index (κ2) is 4.06. The van der Waals surface area contributed by atoms with Gasteiger partial charge in [0.25, 0.3) is 5.91 Å². The molecule has 0 saturated heterocycles. The number of para-hydroxylation sites is 2. The molecule has 2 aromatic carbocycles. The van der Waals surface area contributed by atoms with Gasteiger partial charge in [-0.1, -0.05) is 54.6 Å². The summed E-state index contributed by atoms with van der Waals surface area (Å²) >= 11 is 6.67. The van der Waals surface area contributed by atoms with Crippen LogP contribution in [0.25, 0.3) is 11.6 Å². The first-order valence-corrected chi connectivity index (χ1v) is 6.97. The van der Waals surface area contributed by atoms with Crippen molar-refractivity contribution in [2.45, 2.75) is 5.12 Å². The van der Waals surface area contributed by atoms with E-state index >= 15 is 0 Å². The monoisotopic (exact) mass is 294 g/mol. The molecular weight excluding hydrogens is 284 g/mol. The van der Waals surface area contributed by atoms with Crippen LogP contribution in [0.5, 0.6) is 0 Å². The summed E-state index contributed by atoms with van der Waals surface area (Å²) in [6.07, 6.45) is 1.80. The molecule has 0 aromatic heterocycles. The summed E-state index contributed by atoms with van der Waals surface area (Å²) < 4.78 is 0. The van der Waals surface area contributed by atoms with Crippen molar-refractivity contribution in [2.75, 3.05) is 4.90 Å². The summed E-state index contributed by atoms with van der Waals surface area (Å²) in [6.45, 7) is 3.87. The minimum Gasteiger partial charge on any atom is -0.269 e. The minimum atomic E-state index is -1.23. The van der Waals surface area contributed by atoms with Gasteiger partial charge in [0.05, 0.1) is 11.0 Å². The lowest BCUT2D eigenvalue weighted by atomic mass is 10.1. The number of hydrogen-bond acceptors (Lipinski definition) is 2. The average molecular weight is 295 g/mol. The highest BCUT2D eigenvalue weighted by molar-refractivity contribution is 6.39. The predicted octanol–water partition coefficient (Wildman–Crippen LogP) is 2.05. The van der Waals surface area contributed by atoms with Gasteiger partial charge >= 0.3 is 0 Å². The number of nitrogens with zero attached hydrogens (tertiary/aromatic N) is 2. The maximum absolute atomic E-state index is 12.6. The number of fused-ring (bicyclic) bond motifs is 2.